The van der Waals surface area contributed by atoms with Crippen molar-refractivity contribution in [3.8, 4) is 0 Å². The van der Waals surface area contributed by atoms with Gasteiger partial charge >= 0.3 is 0 Å². The molecule has 0 radical (unpaired) electrons. The molecule has 0 saturated carbocycles. The van der Waals surface area contributed by atoms with Gasteiger partial charge in [0.2, 0.25) is 5.91 Å². The number of hydrogen-bond donors (Lipinski definition) is 2. The average molecular weight is 522 g/mol. The first kappa shape index (κ1) is 25.9. The van der Waals surface area contributed by atoms with E-state index in [1.807, 2.05) is 42.8 Å². The highest BCUT2D eigenvalue weighted by molar-refractivity contribution is 7.82. The van der Waals surface area contributed by atoms with Crippen LogP contribution in [0.4, 0.5) is 11.4 Å². The first-order valence-electron chi connectivity index (χ1n) is 13.5. The molecule has 2 saturated heterocycles. The molecule has 5 rings (SSSR count). The van der Waals surface area contributed by atoms with Crippen molar-refractivity contribution in [1.29, 1.82) is 0 Å². The van der Waals surface area contributed by atoms with E-state index in [0.717, 1.165) is 90.3 Å². The highest BCUT2D eigenvalue weighted by atomic mass is 32.2. The summed E-state index contributed by atoms with van der Waals surface area (Å²) in [5.41, 5.74) is 6.34. The van der Waals surface area contributed by atoms with E-state index >= 15 is 0 Å². The Morgan fingerprint density at radius 3 is 2.43 bits per heavy atom. The molecule has 8 heteroatoms. The Bertz CT molecular complexity index is 1320. The third-order valence-electron chi connectivity index (χ3n) is 7.90. The summed E-state index contributed by atoms with van der Waals surface area (Å²) >= 11 is 0. The fraction of sp³-hybridized carbons (Fsp3) is 0.483. The van der Waals surface area contributed by atoms with Gasteiger partial charge in [0.15, 0.2) is 0 Å². The molecule has 2 fully saturated rings. The van der Waals surface area contributed by atoms with Gasteiger partial charge in [-0.05, 0) is 81.5 Å². The standard InChI is InChI=1S/C29H39N5O2S/c1-20-8-10-26(32-16-12-30-13-17-32)22(3)28(20)31-29(35)23(4)34-19-21(2)25-18-24(9-11-27(25)34)37(36)33-14-6-5-7-15-33/h8-11,18-19,23,30H,5-7,12-17H2,1-4H3,(H,31,35). The lowest BCUT2D eigenvalue weighted by Gasteiger charge is -2.32. The van der Waals surface area contributed by atoms with Crippen LogP contribution >= 0.6 is 0 Å². The van der Waals surface area contributed by atoms with Gasteiger partial charge in [0.05, 0.1) is 4.90 Å². The molecule has 0 aliphatic carbocycles. The number of fused-ring (bicyclic) bond motifs is 1. The number of nitrogens with one attached hydrogen (secondary N) is 2. The second-order valence-corrected chi connectivity index (χ2v) is 11.9. The lowest BCUT2D eigenvalue weighted by atomic mass is 10.0. The fourth-order valence-corrected chi connectivity index (χ4v) is 6.93. The molecule has 0 bridgehead atoms. The van der Waals surface area contributed by atoms with E-state index in [0.29, 0.717) is 0 Å². The number of benzene rings is 2. The summed E-state index contributed by atoms with van der Waals surface area (Å²) in [6.07, 6.45) is 5.47. The monoisotopic (exact) mass is 521 g/mol. The van der Waals surface area contributed by atoms with Gasteiger partial charge in [0.1, 0.15) is 17.0 Å². The van der Waals surface area contributed by atoms with Crippen LogP contribution in [0.1, 0.15) is 48.9 Å². The Balaban J connectivity index is 1.38. The smallest absolute Gasteiger partial charge is 0.247 e. The zero-order chi connectivity index (χ0) is 26.1. The summed E-state index contributed by atoms with van der Waals surface area (Å²) in [4.78, 5) is 16.8. The summed E-state index contributed by atoms with van der Waals surface area (Å²) in [5, 5.41) is 7.70. The average Bonchev–Trinajstić information content (AvgIpc) is 3.26. The number of hydrogen-bond acceptors (Lipinski definition) is 4. The van der Waals surface area contributed by atoms with Gasteiger partial charge in [-0.3, -0.25) is 4.79 Å². The lowest BCUT2D eigenvalue weighted by Crippen LogP contribution is -2.43. The number of rotatable bonds is 6. The SMILES string of the molecule is Cc1ccc(N2CCNCC2)c(C)c1NC(=O)C(C)n1cc(C)c2cc(S(=O)N3CCCCC3)ccc21. The topological polar surface area (TPSA) is 69.6 Å². The normalized spacial score (nSPS) is 18.6. The number of carbonyl (C=O) groups excluding carboxylic acids is 1. The van der Waals surface area contributed by atoms with E-state index in [1.54, 1.807) is 0 Å². The first-order chi connectivity index (χ1) is 17.8. The molecule has 37 heavy (non-hydrogen) atoms. The van der Waals surface area contributed by atoms with Crippen LogP contribution in [0.2, 0.25) is 0 Å². The van der Waals surface area contributed by atoms with Gasteiger partial charge in [-0.25, -0.2) is 8.51 Å². The summed E-state index contributed by atoms with van der Waals surface area (Å²) in [5.74, 6) is -0.0402. The number of anilines is 2. The van der Waals surface area contributed by atoms with Crippen LogP contribution in [0.25, 0.3) is 10.9 Å². The number of aromatic nitrogens is 1. The van der Waals surface area contributed by atoms with E-state index in [-0.39, 0.29) is 5.91 Å². The van der Waals surface area contributed by atoms with Crippen LogP contribution in [0.5, 0.6) is 0 Å². The molecule has 7 nitrogen and oxygen atoms in total. The Morgan fingerprint density at radius 2 is 1.70 bits per heavy atom. The summed E-state index contributed by atoms with van der Waals surface area (Å²) in [6, 6.07) is 9.90. The van der Waals surface area contributed by atoms with Crippen molar-refractivity contribution in [2.24, 2.45) is 0 Å². The molecular formula is C29H39N5O2S. The number of aryl methyl sites for hydroxylation is 2. The maximum atomic E-state index is 13.5. The van der Waals surface area contributed by atoms with Gasteiger partial charge in [-0.1, -0.05) is 12.5 Å². The number of piperazine rings is 1. The zero-order valence-electron chi connectivity index (χ0n) is 22.5. The van der Waals surface area contributed by atoms with Crippen LogP contribution in [0.15, 0.2) is 41.4 Å². The molecule has 2 aromatic carbocycles. The van der Waals surface area contributed by atoms with Crippen LogP contribution in [-0.2, 0) is 15.8 Å². The van der Waals surface area contributed by atoms with Crippen molar-refractivity contribution < 1.29 is 9.00 Å². The van der Waals surface area contributed by atoms with E-state index in [1.165, 1.54) is 12.1 Å². The summed E-state index contributed by atoms with van der Waals surface area (Å²) in [6.45, 7) is 13.8. The molecule has 0 spiro atoms. The second-order valence-electron chi connectivity index (χ2n) is 10.4. The van der Waals surface area contributed by atoms with Crippen molar-refractivity contribution in [3.05, 3.63) is 53.2 Å². The molecule has 2 atom stereocenters. The summed E-state index contributed by atoms with van der Waals surface area (Å²) < 4.78 is 17.3. The van der Waals surface area contributed by atoms with Crippen LogP contribution in [0.3, 0.4) is 0 Å². The Labute approximate surface area is 222 Å². The van der Waals surface area contributed by atoms with Crippen LogP contribution in [-0.4, -0.2) is 58.3 Å². The van der Waals surface area contributed by atoms with Crippen molar-refractivity contribution in [2.45, 2.75) is 57.9 Å². The van der Waals surface area contributed by atoms with E-state index in [9.17, 15) is 9.00 Å². The van der Waals surface area contributed by atoms with E-state index in [2.05, 4.69) is 45.8 Å². The maximum absolute atomic E-state index is 13.5. The minimum atomic E-state index is -1.14. The first-order valence-corrected chi connectivity index (χ1v) is 14.6. The second kappa shape index (κ2) is 11.0. The molecule has 3 aromatic rings. The van der Waals surface area contributed by atoms with Crippen LogP contribution in [0, 0.1) is 20.8 Å². The predicted molar refractivity (Wildman–Crippen MR) is 153 cm³/mol. The molecule has 3 heterocycles. The largest absolute Gasteiger partial charge is 0.369 e. The van der Waals surface area contributed by atoms with Crippen LogP contribution < -0.4 is 15.5 Å². The molecule has 198 valence electrons. The Morgan fingerprint density at radius 1 is 0.973 bits per heavy atom. The lowest BCUT2D eigenvalue weighted by molar-refractivity contribution is -0.118. The molecular weight excluding hydrogens is 482 g/mol. The highest BCUT2D eigenvalue weighted by Gasteiger charge is 2.23. The molecule has 2 aliphatic rings. The number of amides is 1. The van der Waals surface area contributed by atoms with Gasteiger partial charge in [0.25, 0.3) is 0 Å². The minimum Gasteiger partial charge on any atom is -0.369 e. The van der Waals surface area contributed by atoms with Crippen molar-refractivity contribution >= 4 is 39.2 Å². The Kier molecular flexibility index (Phi) is 7.70. The maximum Gasteiger partial charge on any atom is 0.247 e. The number of piperidine rings is 1. The molecule has 2 unspecified atom stereocenters. The van der Waals surface area contributed by atoms with E-state index in [4.69, 9.17) is 0 Å². The third kappa shape index (κ3) is 5.19. The number of carbonyl (C=O) groups is 1. The summed E-state index contributed by atoms with van der Waals surface area (Å²) in [7, 11) is -1.14. The zero-order valence-corrected chi connectivity index (χ0v) is 23.3. The molecule has 2 N–H and O–H groups in total. The number of nitrogens with zero attached hydrogens (tertiary/aromatic N) is 3. The molecule has 1 aromatic heterocycles. The Hall–Kier alpha value is -2.68. The van der Waals surface area contributed by atoms with E-state index < -0.39 is 17.0 Å². The van der Waals surface area contributed by atoms with Gasteiger partial charge in [-0.15, -0.1) is 0 Å². The van der Waals surface area contributed by atoms with Gasteiger partial charge < -0.3 is 20.1 Å². The quantitative estimate of drug-likeness (QED) is 0.494. The van der Waals surface area contributed by atoms with Crippen molar-refractivity contribution in [1.82, 2.24) is 14.2 Å². The fourth-order valence-electron chi connectivity index (χ4n) is 5.64. The van der Waals surface area contributed by atoms with Crippen molar-refractivity contribution in [3.63, 3.8) is 0 Å². The minimum absolute atomic E-state index is 0.0402. The van der Waals surface area contributed by atoms with Gasteiger partial charge in [-0.2, -0.15) is 0 Å². The molecule has 1 amide bonds. The van der Waals surface area contributed by atoms with Crippen molar-refractivity contribution in [2.75, 3.05) is 49.5 Å². The van der Waals surface area contributed by atoms with Gasteiger partial charge in [0, 0.05) is 67.7 Å². The predicted octanol–water partition coefficient (Wildman–Crippen LogP) is 4.68. The third-order valence-corrected chi connectivity index (χ3v) is 9.39. The highest BCUT2D eigenvalue weighted by Crippen LogP contribution is 2.32. The molecule has 2 aliphatic heterocycles.